The molecule has 7 heteroatoms. The second-order valence-electron chi connectivity index (χ2n) is 6.41. The minimum absolute atomic E-state index is 0.135. The highest BCUT2D eigenvalue weighted by Crippen LogP contribution is 2.22. The summed E-state index contributed by atoms with van der Waals surface area (Å²) >= 11 is 0. The Morgan fingerprint density at radius 1 is 0.962 bits per heavy atom. The van der Waals surface area contributed by atoms with Gasteiger partial charge in [0.05, 0.1) is 5.69 Å². The van der Waals surface area contributed by atoms with Crippen molar-refractivity contribution in [2.75, 3.05) is 18.0 Å². The van der Waals surface area contributed by atoms with Gasteiger partial charge in [-0.1, -0.05) is 0 Å². The lowest BCUT2D eigenvalue weighted by molar-refractivity contribution is 0.170. The van der Waals surface area contributed by atoms with Crippen molar-refractivity contribution in [2.45, 2.75) is 25.9 Å². The maximum atomic E-state index is 13.0. The zero-order valence-electron chi connectivity index (χ0n) is 14.5. The molecule has 3 heterocycles. The predicted molar refractivity (Wildman–Crippen MR) is 96.2 cm³/mol. The molecule has 0 atom stereocenters. The molecule has 0 saturated carbocycles. The summed E-state index contributed by atoms with van der Waals surface area (Å²) in [5.41, 5.74) is 0.944. The average Bonchev–Trinajstić information content (AvgIpc) is 3.11. The molecule has 0 unspecified atom stereocenters. The first-order valence-electron chi connectivity index (χ1n) is 8.71. The summed E-state index contributed by atoms with van der Waals surface area (Å²) < 4.78 is 20.6. The van der Waals surface area contributed by atoms with Crippen LogP contribution >= 0.6 is 0 Å². The number of benzene rings is 1. The number of anilines is 1. The van der Waals surface area contributed by atoms with Gasteiger partial charge in [0, 0.05) is 32.1 Å². The summed E-state index contributed by atoms with van der Waals surface area (Å²) in [6.45, 7) is 3.64. The fourth-order valence-electron chi connectivity index (χ4n) is 3.06. The highest BCUT2D eigenvalue weighted by Gasteiger charge is 2.22. The molecule has 1 saturated heterocycles. The van der Waals surface area contributed by atoms with Gasteiger partial charge < -0.3 is 9.64 Å². The highest BCUT2D eigenvalue weighted by atomic mass is 19.1. The van der Waals surface area contributed by atoms with Crippen LogP contribution in [-0.2, 0) is 0 Å². The van der Waals surface area contributed by atoms with E-state index in [4.69, 9.17) is 4.74 Å². The van der Waals surface area contributed by atoms with Crippen molar-refractivity contribution in [3.63, 3.8) is 0 Å². The summed E-state index contributed by atoms with van der Waals surface area (Å²) in [6, 6.07) is 12.0. The van der Waals surface area contributed by atoms with Gasteiger partial charge in [0.25, 0.3) is 0 Å². The van der Waals surface area contributed by atoms with E-state index in [-0.39, 0.29) is 11.9 Å². The number of hydrogen-bond acceptors (Lipinski definition) is 5. The quantitative estimate of drug-likeness (QED) is 0.721. The van der Waals surface area contributed by atoms with Crippen LogP contribution in [0.4, 0.5) is 10.2 Å². The van der Waals surface area contributed by atoms with Gasteiger partial charge in [0.1, 0.15) is 17.7 Å². The van der Waals surface area contributed by atoms with E-state index < -0.39 is 0 Å². The van der Waals surface area contributed by atoms with Gasteiger partial charge in [-0.3, -0.25) is 0 Å². The molecular weight excluding hydrogens is 333 g/mol. The van der Waals surface area contributed by atoms with Crippen LogP contribution in [0.15, 0.2) is 48.7 Å². The molecule has 134 valence electrons. The fourth-order valence-corrected chi connectivity index (χ4v) is 3.06. The topological polar surface area (TPSA) is 56.1 Å². The number of piperidine rings is 1. The van der Waals surface area contributed by atoms with Crippen molar-refractivity contribution in [1.29, 1.82) is 0 Å². The van der Waals surface area contributed by atoms with Crippen molar-refractivity contribution in [3.8, 4) is 11.6 Å². The van der Waals surface area contributed by atoms with Crippen LogP contribution in [0.1, 0.15) is 18.5 Å². The molecule has 1 aromatic carbocycles. The highest BCUT2D eigenvalue weighted by molar-refractivity contribution is 5.40. The van der Waals surface area contributed by atoms with E-state index in [1.54, 1.807) is 16.8 Å². The molecule has 0 radical (unpaired) electrons. The van der Waals surface area contributed by atoms with Crippen molar-refractivity contribution >= 4 is 5.82 Å². The van der Waals surface area contributed by atoms with Crippen molar-refractivity contribution in [2.24, 2.45) is 0 Å². The van der Waals surface area contributed by atoms with E-state index in [1.165, 1.54) is 12.1 Å². The summed E-state index contributed by atoms with van der Waals surface area (Å²) in [5.74, 6) is 2.03. The minimum Gasteiger partial charge on any atom is -0.490 e. The van der Waals surface area contributed by atoms with E-state index in [0.717, 1.165) is 37.4 Å². The molecule has 3 aromatic rings. The average molecular weight is 353 g/mol. The minimum atomic E-state index is -0.250. The smallest absolute Gasteiger partial charge is 0.175 e. The van der Waals surface area contributed by atoms with Gasteiger partial charge in [-0.25, -0.2) is 9.07 Å². The van der Waals surface area contributed by atoms with E-state index in [9.17, 15) is 4.39 Å². The number of rotatable bonds is 4. The third-order valence-corrected chi connectivity index (χ3v) is 4.48. The van der Waals surface area contributed by atoms with E-state index in [0.29, 0.717) is 11.6 Å². The van der Waals surface area contributed by atoms with E-state index >= 15 is 0 Å². The predicted octanol–water partition coefficient (Wildman–Crippen LogP) is 3.16. The number of nitrogens with zero attached hydrogens (tertiary/aromatic N) is 5. The molecule has 1 aliphatic rings. The largest absolute Gasteiger partial charge is 0.490 e. The number of aryl methyl sites for hydroxylation is 1. The van der Waals surface area contributed by atoms with Gasteiger partial charge in [0.15, 0.2) is 11.6 Å². The summed E-state index contributed by atoms with van der Waals surface area (Å²) in [5, 5.41) is 13.0. The van der Waals surface area contributed by atoms with Gasteiger partial charge in [-0.15, -0.1) is 10.2 Å². The van der Waals surface area contributed by atoms with Crippen LogP contribution in [0.5, 0.6) is 5.75 Å². The third kappa shape index (κ3) is 3.66. The Morgan fingerprint density at radius 3 is 2.27 bits per heavy atom. The normalized spacial score (nSPS) is 15.2. The number of halogens is 1. The zero-order valence-corrected chi connectivity index (χ0v) is 14.5. The monoisotopic (exact) mass is 353 g/mol. The van der Waals surface area contributed by atoms with E-state index in [1.807, 2.05) is 31.3 Å². The molecule has 0 aliphatic carbocycles. The van der Waals surface area contributed by atoms with Gasteiger partial charge in [-0.05, 0) is 49.4 Å². The molecule has 0 spiro atoms. The number of hydrogen-bond donors (Lipinski definition) is 0. The molecular formula is C19H20FN5O. The lowest BCUT2D eigenvalue weighted by Crippen LogP contribution is -2.38. The van der Waals surface area contributed by atoms with Crippen molar-refractivity contribution in [3.05, 3.63) is 60.2 Å². The fraction of sp³-hybridized carbons (Fsp3) is 0.316. The maximum Gasteiger partial charge on any atom is 0.175 e. The summed E-state index contributed by atoms with van der Waals surface area (Å²) in [4.78, 5) is 2.20. The van der Waals surface area contributed by atoms with Gasteiger partial charge >= 0.3 is 0 Å². The van der Waals surface area contributed by atoms with E-state index in [2.05, 4.69) is 20.2 Å². The first kappa shape index (κ1) is 16.5. The molecule has 1 aliphatic heterocycles. The van der Waals surface area contributed by atoms with Crippen LogP contribution in [0, 0.1) is 12.7 Å². The van der Waals surface area contributed by atoms with Crippen LogP contribution in [0.25, 0.3) is 5.82 Å². The zero-order chi connectivity index (χ0) is 17.9. The Kier molecular flexibility index (Phi) is 4.51. The first-order chi connectivity index (χ1) is 12.7. The molecule has 0 bridgehead atoms. The summed E-state index contributed by atoms with van der Waals surface area (Å²) in [6.07, 6.45) is 3.78. The molecule has 4 rings (SSSR count). The Bertz CT molecular complexity index is 854. The molecule has 6 nitrogen and oxygen atoms in total. The standard InChI is InChI=1S/C19H20FN5O/c1-14-8-13-25(23-14)19-7-6-18(21-22-19)24-11-9-17(10-12-24)26-16-4-2-15(20)3-5-16/h2-8,13,17H,9-12H2,1H3. The summed E-state index contributed by atoms with van der Waals surface area (Å²) in [7, 11) is 0. The third-order valence-electron chi connectivity index (χ3n) is 4.48. The molecule has 0 amide bonds. The van der Waals surface area contributed by atoms with Crippen LogP contribution < -0.4 is 9.64 Å². The molecule has 2 aromatic heterocycles. The SMILES string of the molecule is Cc1ccn(-c2ccc(N3CCC(Oc4ccc(F)cc4)CC3)nn2)n1. The Balaban J connectivity index is 1.35. The number of aromatic nitrogens is 4. The first-order valence-corrected chi connectivity index (χ1v) is 8.71. The Morgan fingerprint density at radius 2 is 1.65 bits per heavy atom. The van der Waals surface area contributed by atoms with Crippen LogP contribution in [0.2, 0.25) is 0 Å². The van der Waals surface area contributed by atoms with Gasteiger partial charge in [-0.2, -0.15) is 5.10 Å². The molecule has 26 heavy (non-hydrogen) atoms. The van der Waals surface area contributed by atoms with Crippen LogP contribution in [0.3, 0.4) is 0 Å². The lowest BCUT2D eigenvalue weighted by atomic mass is 10.1. The van der Waals surface area contributed by atoms with Crippen molar-refractivity contribution < 1.29 is 9.13 Å². The molecule has 0 N–H and O–H groups in total. The van der Waals surface area contributed by atoms with Crippen LogP contribution in [-0.4, -0.2) is 39.2 Å². The second kappa shape index (κ2) is 7.11. The van der Waals surface area contributed by atoms with Gasteiger partial charge in [0.2, 0.25) is 0 Å². The lowest BCUT2D eigenvalue weighted by Gasteiger charge is -2.32. The maximum absolute atomic E-state index is 13.0. The van der Waals surface area contributed by atoms with Crippen molar-refractivity contribution in [1.82, 2.24) is 20.0 Å². The Labute approximate surface area is 151 Å². The second-order valence-corrected chi connectivity index (χ2v) is 6.41. The number of ether oxygens (including phenoxy) is 1. The molecule has 1 fully saturated rings. The Hall–Kier alpha value is -2.96.